The van der Waals surface area contributed by atoms with Gasteiger partial charge in [0.15, 0.2) is 6.29 Å². The lowest BCUT2D eigenvalue weighted by atomic mass is 9.58. The largest absolute Gasteiger partial charge is 0.444 e. The molecule has 0 aromatic heterocycles. The smallest absolute Gasteiger partial charge is 0.407 e. The zero-order valence-electron chi connectivity index (χ0n) is 13.7. The highest BCUT2D eigenvalue weighted by atomic mass is 16.7. The van der Waals surface area contributed by atoms with E-state index < -0.39 is 23.3 Å². The highest BCUT2D eigenvalue weighted by molar-refractivity contribution is 6.40. The van der Waals surface area contributed by atoms with E-state index in [2.05, 4.69) is 5.32 Å². The average molecular weight is 301 g/mol. The second kappa shape index (κ2) is 7.20. The van der Waals surface area contributed by atoms with Gasteiger partial charge in [0.2, 0.25) is 0 Å². The first-order valence-corrected chi connectivity index (χ1v) is 6.84. The van der Waals surface area contributed by atoms with Gasteiger partial charge in [-0.05, 0) is 31.7 Å². The Hall–Kier alpha value is -1.46. The van der Waals surface area contributed by atoms with Gasteiger partial charge in [-0.25, -0.2) is 4.79 Å². The molecule has 22 heavy (non-hydrogen) atoms. The van der Waals surface area contributed by atoms with E-state index in [1.807, 2.05) is 0 Å². The summed E-state index contributed by atoms with van der Waals surface area (Å²) in [6, 6.07) is 6.91. The second-order valence-corrected chi connectivity index (χ2v) is 5.92. The third kappa shape index (κ3) is 5.39. The van der Waals surface area contributed by atoms with Gasteiger partial charge in [0.25, 0.3) is 0 Å². The number of hydrogen-bond acceptors (Lipinski definition) is 4. The van der Waals surface area contributed by atoms with E-state index in [-0.39, 0.29) is 0 Å². The third-order valence-electron chi connectivity index (χ3n) is 2.80. The molecular weight excluding hydrogens is 280 g/mol. The van der Waals surface area contributed by atoms with Gasteiger partial charge in [0.05, 0.1) is 15.7 Å². The molecule has 7 heteroatoms. The minimum Gasteiger partial charge on any atom is -0.444 e. The lowest BCUT2D eigenvalue weighted by molar-refractivity contribution is -0.106. The van der Waals surface area contributed by atoms with Crippen LogP contribution in [0.25, 0.3) is 0 Å². The average Bonchev–Trinajstić information content (AvgIpc) is 2.37. The predicted octanol–water partition coefficient (Wildman–Crippen LogP) is 1.95. The highest BCUT2D eigenvalue weighted by Crippen LogP contribution is 2.21. The number of hydrogen-bond donors (Lipinski definition) is 1. The molecule has 1 aromatic rings. The number of carbonyl (C=O) groups excluding carboxylic acids is 1. The Bertz CT molecular complexity index is 493. The minimum absolute atomic E-state index is 0.474. The van der Waals surface area contributed by atoms with E-state index in [9.17, 15) is 4.79 Å². The van der Waals surface area contributed by atoms with Crippen LogP contribution in [0, 0.1) is 0 Å². The molecule has 1 aromatic carbocycles. The first-order valence-electron chi connectivity index (χ1n) is 6.84. The maximum atomic E-state index is 11.8. The van der Waals surface area contributed by atoms with E-state index in [4.69, 9.17) is 29.9 Å². The van der Waals surface area contributed by atoms with Gasteiger partial charge >= 0.3 is 6.09 Å². The molecule has 0 fully saturated rings. The Morgan fingerprint density at radius 3 is 2.00 bits per heavy atom. The van der Waals surface area contributed by atoms with Gasteiger partial charge in [-0.1, -0.05) is 24.3 Å². The van der Waals surface area contributed by atoms with Crippen LogP contribution in [0.3, 0.4) is 0 Å². The van der Waals surface area contributed by atoms with Crippen molar-refractivity contribution >= 4 is 21.8 Å². The zero-order valence-corrected chi connectivity index (χ0v) is 13.7. The van der Waals surface area contributed by atoms with E-state index in [0.29, 0.717) is 5.56 Å². The number of ether oxygens (including phenoxy) is 3. The molecule has 0 bridgehead atoms. The van der Waals surface area contributed by atoms with Gasteiger partial charge in [-0.3, -0.25) is 0 Å². The van der Waals surface area contributed by atoms with Crippen molar-refractivity contribution in [2.75, 3.05) is 14.2 Å². The molecule has 116 valence electrons. The summed E-state index contributed by atoms with van der Waals surface area (Å²) in [6.45, 7) is 5.27. The maximum absolute atomic E-state index is 11.8. The number of benzene rings is 1. The fourth-order valence-electron chi connectivity index (χ4n) is 1.83. The summed E-state index contributed by atoms with van der Waals surface area (Å²) in [5.74, 6) is 0. The highest BCUT2D eigenvalue weighted by Gasteiger charge is 2.25. The molecule has 0 atom stereocenters. The van der Waals surface area contributed by atoms with Gasteiger partial charge in [0, 0.05) is 19.8 Å². The first kappa shape index (κ1) is 18.6. The number of rotatable bonds is 5. The molecule has 0 heterocycles. The number of methoxy groups -OCH3 is 2. The molecule has 0 spiro atoms. The van der Waals surface area contributed by atoms with Crippen LogP contribution in [-0.2, 0) is 19.5 Å². The SMILES string of the molecule is [B]C([B])(NC(=O)OC(C)(C)C)c1ccc(C(OC)OC)cc1. The Morgan fingerprint density at radius 1 is 1.09 bits per heavy atom. The van der Waals surface area contributed by atoms with Crippen LogP contribution in [-0.4, -0.2) is 41.6 Å². The fourth-order valence-corrected chi connectivity index (χ4v) is 1.83. The quantitative estimate of drug-likeness (QED) is 0.667. The summed E-state index contributed by atoms with van der Waals surface area (Å²) in [5.41, 5.74) is 0.698. The lowest BCUT2D eigenvalue weighted by Crippen LogP contribution is -2.48. The van der Waals surface area contributed by atoms with Crippen LogP contribution in [0.5, 0.6) is 0 Å². The Balaban J connectivity index is 2.83. The van der Waals surface area contributed by atoms with Crippen molar-refractivity contribution in [2.24, 2.45) is 0 Å². The fraction of sp³-hybridized carbons (Fsp3) is 0.533. The van der Waals surface area contributed by atoms with Crippen LogP contribution in [0.4, 0.5) is 4.79 Å². The van der Waals surface area contributed by atoms with Crippen LogP contribution in [0.15, 0.2) is 24.3 Å². The molecule has 5 nitrogen and oxygen atoms in total. The predicted molar refractivity (Wildman–Crippen MR) is 85.8 cm³/mol. The minimum atomic E-state index is -1.55. The molecule has 0 saturated carbocycles. The van der Waals surface area contributed by atoms with Gasteiger partial charge in [0.1, 0.15) is 5.60 Å². The third-order valence-corrected chi connectivity index (χ3v) is 2.80. The van der Waals surface area contributed by atoms with Crippen molar-refractivity contribution < 1.29 is 19.0 Å². The Morgan fingerprint density at radius 2 is 1.59 bits per heavy atom. The monoisotopic (exact) mass is 301 g/mol. The van der Waals surface area contributed by atoms with Crippen LogP contribution >= 0.6 is 0 Å². The van der Waals surface area contributed by atoms with Crippen molar-refractivity contribution in [1.82, 2.24) is 5.32 Å². The molecular formula is C15H21B2NO4. The molecule has 0 aliphatic carbocycles. The number of nitrogens with one attached hydrogen (secondary N) is 1. The molecule has 0 aliphatic rings. The van der Waals surface area contributed by atoms with Crippen molar-refractivity contribution in [3.05, 3.63) is 35.4 Å². The van der Waals surface area contributed by atoms with Crippen LogP contribution < -0.4 is 5.32 Å². The summed E-state index contributed by atoms with van der Waals surface area (Å²) < 4.78 is 15.5. The summed E-state index contributed by atoms with van der Waals surface area (Å²) in [6.07, 6.45) is -1.16. The molecule has 0 unspecified atom stereocenters. The molecule has 4 radical (unpaired) electrons. The normalized spacial score (nSPS) is 12.3. The molecule has 1 amide bonds. The summed E-state index contributed by atoms with van der Waals surface area (Å²) >= 11 is 0. The molecule has 1 rings (SSSR count). The summed E-state index contributed by atoms with van der Waals surface area (Å²) in [4.78, 5) is 11.8. The topological polar surface area (TPSA) is 56.8 Å². The Labute approximate surface area is 134 Å². The standard InChI is InChI=1S/C15H21B2NO4/c1-14(2,3)22-13(19)18-15(16,17)11-8-6-10(7-9-11)12(20-4)21-5/h6-9,12H,1-5H3,(H,18,19). The van der Waals surface area contributed by atoms with E-state index in [1.54, 1.807) is 59.3 Å². The van der Waals surface area contributed by atoms with Gasteiger partial charge < -0.3 is 19.5 Å². The van der Waals surface area contributed by atoms with Gasteiger partial charge in [-0.2, -0.15) is 0 Å². The second-order valence-electron chi connectivity index (χ2n) is 5.92. The molecule has 0 aliphatic heterocycles. The first-order chi connectivity index (χ1) is 10.1. The van der Waals surface area contributed by atoms with E-state index in [0.717, 1.165) is 5.56 Å². The van der Waals surface area contributed by atoms with Crippen molar-refractivity contribution in [3.8, 4) is 0 Å². The number of amides is 1. The summed E-state index contributed by atoms with van der Waals surface area (Å²) in [5, 5.41) is 0.893. The number of alkyl carbamates (subject to hydrolysis) is 1. The summed E-state index contributed by atoms with van der Waals surface area (Å²) in [7, 11) is 15.0. The maximum Gasteiger partial charge on any atom is 0.407 e. The molecule has 1 N–H and O–H groups in total. The zero-order chi connectivity index (χ0) is 17.0. The van der Waals surface area contributed by atoms with Crippen molar-refractivity contribution in [3.63, 3.8) is 0 Å². The Kier molecular flexibility index (Phi) is 6.08. The number of carbonyl (C=O) groups is 1. The van der Waals surface area contributed by atoms with Crippen LogP contribution in [0.1, 0.15) is 38.2 Å². The van der Waals surface area contributed by atoms with E-state index >= 15 is 0 Å². The molecule has 0 saturated heterocycles. The van der Waals surface area contributed by atoms with Crippen LogP contribution in [0.2, 0.25) is 0 Å². The van der Waals surface area contributed by atoms with E-state index in [1.165, 1.54) is 0 Å². The lowest BCUT2D eigenvalue weighted by Gasteiger charge is -2.30. The van der Waals surface area contributed by atoms with Gasteiger partial charge in [-0.15, -0.1) is 0 Å². The van der Waals surface area contributed by atoms with Crippen molar-refractivity contribution in [2.45, 2.75) is 38.0 Å². The van der Waals surface area contributed by atoms with Crippen molar-refractivity contribution in [1.29, 1.82) is 0 Å².